The molecule has 1 saturated heterocycles. The van der Waals surface area contributed by atoms with Gasteiger partial charge in [-0.25, -0.2) is 0 Å². The molecule has 0 radical (unpaired) electrons. The molecule has 0 bridgehead atoms. The fraction of sp³-hybridized carbons (Fsp3) is 0.412. The van der Waals surface area contributed by atoms with Crippen molar-refractivity contribution in [3.8, 4) is 6.07 Å². The summed E-state index contributed by atoms with van der Waals surface area (Å²) in [7, 11) is 3.92. The lowest BCUT2D eigenvalue weighted by Crippen LogP contribution is -2.32. The first-order valence-electron chi connectivity index (χ1n) is 7.39. The van der Waals surface area contributed by atoms with E-state index in [0.717, 1.165) is 30.7 Å². The molecule has 1 aliphatic heterocycles. The molecule has 1 heterocycles. The summed E-state index contributed by atoms with van der Waals surface area (Å²) in [6.07, 6.45) is 3.66. The summed E-state index contributed by atoms with van der Waals surface area (Å²) in [4.78, 5) is 14.0. The minimum atomic E-state index is -0.352. The molecule has 1 amide bonds. The van der Waals surface area contributed by atoms with Crippen LogP contribution in [-0.2, 0) is 9.53 Å². The quantitative estimate of drug-likeness (QED) is 0.667. The monoisotopic (exact) mass is 299 g/mol. The summed E-state index contributed by atoms with van der Waals surface area (Å²) in [5, 5.41) is 11.9. The average Bonchev–Trinajstić information content (AvgIpc) is 3.04. The Morgan fingerprint density at radius 2 is 2.18 bits per heavy atom. The Balaban J connectivity index is 1.99. The number of hydrogen-bond donors (Lipinski definition) is 1. The van der Waals surface area contributed by atoms with Gasteiger partial charge in [-0.3, -0.25) is 4.79 Å². The second-order valence-corrected chi connectivity index (χ2v) is 5.50. The lowest BCUT2D eigenvalue weighted by atomic mass is 10.1. The van der Waals surface area contributed by atoms with E-state index in [4.69, 9.17) is 4.74 Å². The molecule has 0 spiro atoms. The van der Waals surface area contributed by atoms with Crippen LogP contribution in [0.25, 0.3) is 6.08 Å². The van der Waals surface area contributed by atoms with E-state index in [1.807, 2.05) is 49.3 Å². The second kappa shape index (κ2) is 7.62. The lowest BCUT2D eigenvalue weighted by Gasteiger charge is -2.12. The third-order valence-electron chi connectivity index (χ3n) is 3.60. The highest BCUT2D eigenvalue weighted by atomic mass is 16.5. The van der Waals surface area contributed by atoms with Crippen molar-refractivity contribution in [1.29, 1.82) is 5.26 Å². The van der Waals surface area contributed by atoms with Gasteiger partial charge in [0.25, 0.3) is 5.91 Å². The highest BCUT2D eigenvalue weighted by Gasteiger charge is 2.17. The number of carbonyl (C=O) groups excluding carboxylic acids is 1. The molecule has 1 aromatic rings. The Kier molecular flexibility index (Phi) is 5.56. The van der Waals surface area contributed by atoms with Crippen LogP contribution in [0.15, 0.2) is 29.8 Å². The largest absolute Gasteiger partial charge is 0.378 e. The number of ether oxygens (including phenoxy) is 1. The third-order valence-corrected chi connectivity index (χ3v) is 3.60. The van der Waals surface area contributed by atoms with Crippen LogP contribution < -0.4 is 10.2 Å². The van der Waals surface area contributed by atoms with Crippen molar-refractivity contribution in [2.75, 3.05) is 32.1 Å². The zero-order valence-corrected chi connectivity index (χ0v) is 13.0. The Bertz CT molecular complexity index is 579. The van der Waals surface area contributed by atoms with Crippen LogP contribution in [0.5, 0.6) is 0 Å². The van der Waals surface area contributed by atoms with Crippen LogP contribution in [0.1, 0.15) is 18.4 Å². The van der Waals surface area contributed by atoms with Gasteiger partial charge in [0.05, 0.1) is 6.10 Å². The van der Waals surface area contributed by atoms with Gasteiger partial charge in [-0.2, -0.15) is 5.26 Å². The molecule has 5 nitrogen and oxygen atoms in total. The van der Waals surface area contributed by atoms with Crippen molar-refractivity contribution >= 4 is 17.7 Å². The molecule has 0 aromatic heterocycles. The van der Waals surface area contributed by atoms with Crippen molar-refractivity contribution in [3.63, 3.8) is 0 Å². The zero-order valence-electron chi connectivity index (χ0n) is 13.0. The number of rotatable bonds is 5. The van der Waals surface area contributed by atoms with Gasteiger partial charge in [-0.15, -0.1) is 0 Å². The molecule has 116 valence electrons. The molecule has 0 saturated carbocycles. The molecule has 1 aromatic carbocycles. The molecular weight excluding hydrogens is 278 g/mol. The molecule has 0 unspecified atom stereocenters. The van der Waals surface area contributed by atoms with Gasteiger partial charge in [-0.1, -0.05) is 12.1 Å². The number of nitrogens with zero attached hydrogens (tertiary/aromatic N) is 2. The maximum atomic E-state index is 12.0. The van der Waals surface area contributed by atoms with Crippen molar-refractivity contribution in [2.45, 2.75) is 18.9 Å². The van der Waals surface area contributed by atoms with E-state index in [0.29, 0.717) is 6.54 Å². The molecule has 1 N–H and O–H groups in total. The van der Waals surface area contributed by atoms with E-state index in [-0.39, 0.29) is 17.6 Å². The number of nitriles is 1. The first-order valence-corrected chi connectivity index (χ1v) is 7.39. The number of amides is 1. The molecule has 2 rings (SSSR count). The fourth-order valence-corrected chi connectivity index (χ4v) is 2.29. The first-order chi connectivity index (χ1) is 10.6. The predicted octanol–water partition coefficient (Wildman–Crippen LogP) is 1.95. The summed E-state index contributed by atoms with van der Waals surface area (Å²) in [5.74, 6) is -0.352. The van der Waals surface area contributed by atoms with Crippen LogP contribution in [0.4, 0.5) is 5.69 Å². The van der Waals surface area contributed by atoms with Gasteiger partial charge in [0, 0.05) is 32.9 Å². The summed E-state index contributed by atoms with van der Waals surface area (Å²) < 4.78 is 5.45. The molecular formula is C17H21N3O2. The van der Waals surface area contributed by atoms with E-state index >= 15 is 0 Å². The van der Waals surface area contributed by atoms with E-state index in [1.165, 1.54) is 0 Å². The van der Waals surface area contributed by atoms with Gasteiger partial charge in [0.15, 0.2) is 0 Å². The smallest absolute Gasteiger partial charge is 0.262 e. The van der Waals surface area contributed by atoms with Crippen LogP contribution in [0, 0.1) is 11.3 Å². The Morgan fingerprint density at radius 3 is 2.73 bits per heavy atom. The van der Waals surface area contributed by atoms with Crippen LogP contribution in [0.2, 0.25) is 0 Å². The Hall–Kier alpha value is -2.32. The van der Waals surface area contributed by atoms with Crippen LogP contribution in [-0.4, -0.2) is 39.3 Å². The summed E-state index contributed by atoms with van der Waals surface area (Å²) in [6.45, 7) is 1.21. The van der Waals surface area contributed by atoms with E-state index in [1.54, 1.807) is 6.08 Å². The molecule has 5 heteroatoms. The highest BCUT2D eigenvalue weighted by Crippen LogP contribution is 2.15. The van der Waals surface area contributed by atoms with Gasteiger partial charge in [0.1, 0.15) is 11.6 Å². The molecule has 1 aliphatic rings. The molecule has 1 fully saturated rings. The van der Waals surface area contributed by atoms with E-state index in [2.05, 4.69) is 5.32 Å². The fourth-order valence-electron chi connectivity index (χ4n) is 2.29. The minimum absolute atomic E-state index is 0.0725. The predicted molar refractivity (Wildman–Crippen MR) is 86.3 cm³/mol. The standard InChI is InChI=1S/C17H21N3O2/c1-20(2)15-7-5-13(6-8-15)10-14(11-18)17(21)19-12-16-4-3-9-22-16/h5-8,10,16H,3-4,9,12H2,1-2H3,(H,19,21)/b14-10+/t16-/m0/s1. The van der Waals surface area contributed by atoms with E-state index < -0.39 is 0 Å². The number of benzene rings is 1. The minimum Gasteiger partial charge on any atom is -0.378 e. The van der Waals surface area contributed by atoms with E-state index in [9.17, 15) is 10.1 Å². The second-order valence-electron chi connectivity index (χ2n) is 5.50. The Morgan fingerprint density at radius 1 is 1.45 bits per heavy atom. The SMILES string of the molecule is CN(C)c1ccc(/C=C(\C#N)C(=O)NC[C@@H]2CCCO2)cc1. The van der Waals surface area contributed by atoms with Crippen molar-refractivity contribution in [3.05, 3.63) is 35.4 Å². The molecule has 1 atom stereocenters. The van der Waals surface area contributed by atoms with Gasteiger partial charge in [-0.05, 0) is 36.6 Å². The Labute approximate surface area is 131 Å². The normalized spacial score (nSPS) is 17.9. The molecule has 22 heavy (non-hydrogen) atoms. The third kappa shape index (κ3) is 4.34. The van der Waals surface area contributed by atoms with Gasteiger partial charge < -0.3 is 15.0 Å². The van der Waals surface area contributed by atoms with Crippen LogP contribution >= 0.6 is 0 Å². The van der Waals surface area contributed by atoms with Crippen molar-refractivity contribution < 1.29 is 9.53 Å². The van der Waals surface area contributed by atoms with Crippen molar-refractivity contribution in [2.24, 2.45) is 0 Å². The lowest BCUT2D eigenvalue weighted by molar-refractivity contribution is -0.117. The number of hydrogen-bond acceptors (Lipinski definition) is 4. The van der Waals surface area contributed by atoms with Gasteiger partial charge >= 0.3 is 0 Å². The zero-order chi connectivity index (χ0) is 15.9. The maximum absolute atomic E-state index is 12.0. The molecule has 0 aliphatic carbocycles. The number of anilines is 1. The number of carbonyl (C=O) groups is 1. The van der Waals surface area contributed by atoms with Crippen LogP contribution in [0.3, 0.4) is 0 Å². The summed E-state index contributed by atoms with van der Waals surface area (Å²) in [6, 6.07) is 9.64. The summed E-state index contributed by atoms with van der Waals surface area (Å²) >= 11 is 0. The summed E-state index contributed by atoms with van der Waals surface area (Å²) in [5.41, 5.74) is 2.00. The number of nitrogens with one attached hydrogen (secondary N) is 1. The first kappa shape index (κ1) is 16.1. The average molecular weight is 299 g/mol. The maximum Gasteiger partial charge on any atom is 0.262 e. The van der Waals surface area contributed by atoms with Gasteiger partial charge in [0.2, 0.25) is 0 Å². The highest BCUT2D eigenvalue weighted by molar-refractivity contribution is 6.01. The topological polar surface area (TPSA) is 65.4 Å². The van der Waals surface area contributed by atoms with Crippen molar-refractivity contribution in [1.82, 2.24) is 5.32 Å².